The Labute approximate surface area is 107 Å². The van der Waals surface area contributed by atoms with E-state index < -0.39 is 0 Å². The Hall–Kier alpha value is -2.03. The van der Waals surface area contributed by atoms with Crippen LogP contribution in [0.25, 0.3) is 0 Å². The van der Waals surface area contributed by atoms with Gasteiger partial charge in [-0.1, -0.05) is 12.1 Å². The molecule has 0 aliphatic carbocycles. The van der Waals surface area contributed by atoms with Gasteiger partial charge in [-0.15, -0.1) is 0 Å². The Morgan fingerprint density at radius 1 is 0.889 bits per heavy atom. The second-order valence-electron chi connectivity index (χ2n) is 4.13. The molecule has 0 bridgehead atoms. The van der Waals surface area contributed by atoms with Gasteiger partial charge in [-0.2, -0.15) is 0 Å². The molecule has 94 valence electrons. The van der Waals surface area contributed by atoms with Gasteiger partial charge in [-0.05, 0) is 48.4 Å². The van der Waals surface area contributed by atoms with Crippen molar-refractivity contribution in [1.82, 2.24) is 0 Å². The maximum Gasteiger partial charge on any atom is 0.123 e. The first-order valence-corrected chi connectivity index (χ1v) is 6.04. The minimum absolute atomic E-state index is 0.186. The Morgan fingerprint density at radius 3 is 2.11 bits per heavy atom. The minimum Gasteiger partial charge on any atom is -0.388 e. The third-order valence-corrected chi connectivity index (χ3v) is 2.83. The zero-order valence-electron chi connectivity index (χ0n) is 10.4. The van der Waals surface area contributed by atoms with Crippen LogP contribution in [-0.2, 0) is 6.42 Å². The average Bonchev–Trinajstić information content (AvgIpc) is 2.42. The molecule has 0 saturated carbocycles. The summed E-state index contributed by atoms with van der Waals surface area (Å²) in [7, 11) is 1.90. The molecule has 2 N–H and O–H groups in total. The summed E-state index contributed by atoms with van der Waals surface area (Å²) in [5, 5.41) is 6.42. The highest BCUT2D eigenvalue weighted by Crippen LogP contribution is 2.13. The molecule has 0 aliphatic heterocycles. The van der Waals surface area contributed by atoms with E-state index in [1.807, 2.05) is 43.4 Å². The van der Waals surface area contributed by atoms with E-state index in [0.717, 1.165) is 29.9 Å². The van der Waals surface area contributed by atoms with E-state index in [1.54, 1.807) is 0 Å². The number of hydrogen-bond donors (Lipinski definition) is 2. The third kappa shape index (κ3) is 3.48. The van der Waals surface area contributed by atoms with Gasteiger partial charge in [0.1, 0.15) is 5.82 Å². The van der Waals surface area contributed by atoms with Gasteiger partial charge in [0, 0.05) is 25.0 Å². The average molecular weight is 244 g/mol. The molecule has 0 aliphatic rings. The lowest BCUT2D eigenvalue weighted by atomic mass is 10.1. The zero-order chi connectivity index (χ0) is 12.8. The van der Waals surface area contributed by atoms with Gasteiger partial charge < -0.3 is 10.6 Å². The van der Waals surface area contributed by atoms with Crippen LogP contribution < -0.4 is 10.6 Å². The number of halogens is 1. The molecule has 0 amide bonds. The lowest BCUT2D eigenvalue weighted by molar-refractivity contribution is 0.627. The number of rotatable bonds is 5. The Balaban J connectivity index is 1.82. The van der Waals surface area contributed by atoms with Crippen LogP contribution in [0, 0.1) is 5.82 Å². The van der Waals surface area contributed by atoms with Crippen LogP contribution in [0.5, 0.6) is 0 Å². The van der Waals surface area contributed by atoms with Gasteiger partial charge in [-0.25, -0.2) is 4.39 Å². The SMILES string of the molecule is CNc1ccc(NCCc2ccc(F)cc2)cc1. The number of anilines is 2. The quantitative estimate of drug-likeness (QED) is 0.841. The van der Waals surface area contributed by atoms with E-state index in [0.29, 0.717) is 0 Å². The first-order valence-electron chi connectivity index (χ1n) is 6.04. The van der Waals surface area contributed by atoms with Crippen molar-refractivity contribution in [2.75, 3.05) is 24.2 Å². The number of hydrogen-bond acceptors (Lipinski definition) is 2. The maximum absolute atomic E-state index is 12.7. The van der Waals surface area contributed by atoms with Crippen LogP contribution in [-0.4, -0.2) is 13.6 Å². The van der Waals surface area contributed by atoms with Gasteiger partial charge in [0.2, 0.25) is 0 Å². The van der Waals surface area contributed by atoms with Crippen LogP contribution in [0.4, 0.5) is 15.8 Å². The summed E-state index contributed by atoms with van der Waals surface area (Å²) in [4.78, 5) is 0. The molecule has 3 heteroatoms. The highest BCUT2D eigenvalue weighted by Gasteiger charge is 1.95. The van der Waals surface area contributed by atoms with E-state index in [-0.39, 0.29) is 5.82 Å². The van der Waals surface area contributed by atoms with Crippen molar-refractivity contribution in [3.05, 3.63) is 59.9 Å². The van der Waals surface area contributed by atoms with E-state index in [4.69, 9.17) is 0 Å². The molecule has 0 heterocycles. The minimum atomic E-state index is -0.186. The normalized spacial score (nSPS) is 10.1. The van der Waals surface area contributed by atoms with Gasteiger partial charge in [0.25, 0.3) is 0 Å². The van der Waals surface area contributed by atoms with Crippen molar-refractivity contribution in [3.63, 3.8) is 0 Å². The van der Waals surface area contributed by atoms with Crippen molar-refractivity contribution in [1.29, 1.82) is 0 Å². The Kier molecular flexibility index (Phi) is 4.18. The highest BCUT2D eigenvalue weighted by molar-refractivity contribution is 5.53. The van der Waals surface area contributed by atoms with Gasteiger partial charge in [0.15, 0.2) is 0 Å². The molecule has 2 aromatic carbocycles. The summed E-state index contributed by atoms with van der Waals surface area (Å²) in [6, 6.07) is 14.8. The van der Waals surface area contributed by atoms with Crippen LogP contribution in [0.15, 0.2) is 48.5 Å². The smallest absolute Gasteiger partial charge is 0.123 e. The van der Waals surface area contributed by atoms with Crippen molar-refractivity contribution in [2.24, 2.45) is 0 Å². The first-order chi connectivity index (χ1) is 8.78. The van der Waals surface area contributed by atoms with E-state index in [2.05, 4.69) is 10.6 Å². The van der Waals surface area contributed by atoms with Crippen molar-refractivity contribution in [2.45, 2.75) is 6.42 Å². The van der Waals surface area contributed by atoms with Crippen LogP contribution in [0.3, 0.4) is 0 Å². The van der Waals surface area contributed by atoms with Gasteiger partial charge in [-0.3, -0.25) is 0 Å². The summed E-state index contributed by atoms with van der Waals surface area (Å²) < 4.78 is 12.7. The predicted octanol–water partition coefficient (Wildman–Crippen LogP) is 3.52. The van der Waals surface area contributed by atoms with Crippen molar-refractivity contribution < 1.29 is 4.39 Å². The van der Waals surface area contributed by atoms with E-state index in [9.17, 15) is 4.39 Å². The lowest BCUT2D eigenvalue weighted by Gasteiger charge is -2.07. The van der Waals surface area contributed by atoms with E-state index >= 15 is 0 Å². The lowest BCUT2D eigenvalue weighted by Crippen LogP contribution is -2.04. The molecular weight excluding hydrogens is 227 g/mol. The third-order valence-electron chi connectivity index (χ3n) is 2.83. The summed E-state index contributed by atoms with van der Waals surface area (Å²) in [5.74, 6) is -0.186. The fraction of sp³-hybridized carbons (Fsp3) is 0.200. The molecule has 0 spiro atoms. The zero-order valence-corrected chi connectivity index (χ0v) is 10.4. The first kappa shape index (κ1) is 12.4. The fourth-order valence-electron chi connectivity index (χ4n) is 1.76. The largest absolute Gasteiger partial charge is 0.388 e. The van der Waals surface area contributed by atoms with Crippen molar-refractivity contribution >= 4 is 11.4 Å². The standard InChI is InChI=1S/C15H17FN2/c1-17-14-6-8-15(9-7-14)18-11-10-12-2-4-13(16)5-3-12/h2-9,17-18H,10-11H2,1H3. The van der Waals surface area contributed by atoms with Gasteiger partial charge in [0.05, 0.1) is 0 Å². The molecule has 0 atom stereocenters. The van der Waals surface area contributed by atoms with E-state index in [1.165, 1.54) is 12.1 Å². The van der Waals surface area contributed by atoms with Crippen LogP contribution in [0.2, 0.25) is 0 Å². The summed E-state index contributed by atoms with van der Waals surface area (Å²) in [5.41, 5.74) is 3.32. The maximum atomic E-state index is 12.7. The summed E-state index contributed by atoms with van der Waals surface area (Å²) in [6.07, 6.45) is 0.883. The number of nitrogens with one attached hydrogen (secondary N) is 2. The molecule has 2 aromatic rings. The second-order valence-corrected chi connectivity index (χ2v) is 4.13. The molecule has 18 heavy (non-hydrogen) atoms. The summed E-state index contributed by atoms with van der Waals surface area (Å²) in [6.45, 7) is 0.838. The molecular formula is C15H17FN2. The molecule has 2 rings (SSSR count). The topological polar surface area (TPSA) is 24.1 Å². The monoisotopic (exact) mass is 244 g/mol. The molecule has 0 radical (unpaired) electrons. The highest BCUT2D eigenvalue weighted by atomic mass is 19.1. The van der Waals surface area contributed by atoms with Gasteiger partial charge >= 0.3 is 0 Å². The predicted molar refractivity (Wildman–Crippen MR) is 74.6 cm³/mol. The molecule has 2 nitrogen and oxygen atoms in total. The fourth-order valence-corrected chi connectivity index (χ4v) is 1.76. The Morgan fingerprint density at radius 2 is 1.50 bits per heavy atom. The summed E-state index contributed by atoms with van der Waals surface area (Å²) >= 11 is 0. The molecule has 0 aromatic heterocycles. The van der Waals surface area contributed by atoms with Crippen molar-refractivity contribution in [3.8, 4) is 0 Å². The molecule has 0 saturated heterocycles. The van der Waals surface area contributed by atoms with Crippen LogP contribution >= 0.6 is 0 Å². The van der Waals surface area contributed by atoms with Crippen LogP contribution in [0.1, 0.15) is 5.56 Å². The molecule has 0 fully saturated rings. The molecule has 0 unspecified atom stereocenters. The number of benzene rings is 2. The second kappa shape index (κ2) is 6.05. The Bertz CT molecular complexity index is 477.